The van der Waals surface area contributed by atoms with Gasteiger partial charge >= 0.3 is 0 Å². The van der Waals surface area contributed by atoms with E-state index in [0.29, 0.717) is 23.6 Å². The van der Waals surface area contributed by atoms with Crippen molar-refractivity contribution in [1.82, 2.24) is 15.1 Å². The minimum atomic E-state index is -0.938. The summed E-state index contributed by atoms with van der Waals surface area (Å²) in [5, 5.41) is 2.23. The van der Waals surface area contributed by atoms with Crippen LogP contribution in [0.1, 0.15) is 52.0 Å². The average molecular weight is 396 g/mol. The maximum atomic E-state index is 13.2. The number of amides is 4. The number of carbonyl (C=O) groups is 4. The van der Waals surface area contributed by atoms with Crippen LogP contribution in [0, 0.1) is 11.8 Å². The molecule has 3 fully saturated rings. The topological polar surface area (TPSA) is 113 Å². The van der Waals surface area contributed by atoms with E-state index in [0.717, 1.165) is 29.5 Å². The van der Waals surface area contributed by atoms with Crippen LogP contribution in [0.25, 0.3) is 0 Å². The molecule has 0 spiro atoms. The third-order valence-electron chi connectivity index (χ3n) is 6.66. The molecule has 152 valence electrons. The van der Waals surface area contributed by atoms with E-state index in [1.165, 1.54) is 12.8 Å². The first-order valence-corrected chi connectivity index (χ1v) is 10.3. The highest BCUT2D eigenvalue weighted by Gasteiger charge is 2.46. The van der Waals surface area contributed by atoms with Crippen LogP contribution in [0.5, 0.6) is 0 Å². The van der Waals surface area contributed by atoms with Gasteiger partial charge in [0.25, 0.3) is 11.8 Å². The molecular formula is C21H24N4O4. The van der Waals surface area contributed by atoms with Crippen molar-refractivity contribution in [2.75, 3.05) is 13.1 Å². The Morgan fingerprint density at radius 2 is 1.83 bits per heavy atom. The van der Waals surface area contributed by atoms with Crippen LogP contribution in [0.2, 0.25) is 0 Å². The van der Waals surface area contributed by atoms with Crippen LogP contribution < -0.4 is 11.1 Å². The molecule has 1 aromatic rings. The molecule has 5 rings (SSSR count). The SMILES string of the molecule is N[C@@H]1CN(Cc2cccc3c2C(=O)N(C2CCC(=O)NC2=O)C3=O)C[C@H]1C1CC1. The monoisotopic (exact) mass is 396 g/mol. The summed E-state index contributed by atoms with van der Waals surface area (Å²) in [6, 6.07) is 4.49. The van der Waals surface area contributed by atoms with Gasteiger partial charge in [0.2, 0.25) is 11.8 Å². The summed E-state index contributed by atoms with van der Waals surface area (Å²) in [4.78, 5) is 53.1. The Morgan fingerprint density at radius 3 is 2.55 bits per heavy atom. The van der Waals surface area contributed by atoms with Crippen LogP contribution in [0.4, 0.5) is 0 Å². The fourth-order valence-electron chi connectivity index (χ4n) is 5.05. The highest BCUT2D eigenvalue weighted by Crippen LogP contribution is 2.41. The summed E-state index contributed by atoms with van der Waals surface area (Å²) in [6.07, 6.45) is 2.78. The Hall–Kier alpha value is -2.58. The molecule has 4 aliphatic rings. The number of hydrogen-bond acceptors (Lipinski definition) is 6. The van der Waals surface area contributed by atoms with Crippen LogP contribution in [-0.4, -0.2) is 58.6 Å². The van der Waals surface area contributed by atoms with Gasteiger partial charge in [-0.3, -0.25) is 34.3 Å². The third-order valence-corrected chi connectivity index (χ3v) is 6.66. The first kappa shape index (κ1) is 18.4. The van der Waals surface area contributed by atoms with Crippen molar-refractivity contribution in [3.05, 3.63) is 34.9 Å². The first-order valence-electron chi connectivity index (χ1n) is 10.3. The lowest BCUT2D eigenvalue weighted by molar-refractivity contribution is -0.136. The Morgan fingerprint density at radius 1 is 1.03 bits per heavy atom. The van der Waals surface area contributed by atoms with E-state index < -0.39 is 23.8 Å². The zero-order chi connectivity index (χ0) is 20.3. The van der Waals surface area contributed by atoms with Gasteiger partial charge in [-0.05, 0) is 42.7 Å². The lowest BCUT2D eigenvalue weighted by Crippen LogP contribution is -2.54. The summed E-state index contributed by atoms with van der Waals surface area (Å²) in [7, 11) is 0. The minimum Gasteiger partial charge on any atom is -0.326 e. The number of nitrogens with one attached hydrogen (secondary N) is 1. The van der Waals surface area contributed by atoms with E-state index in [2.05, 4.69) is 10.2 Å². The summed E-state index contributed by atoms with van der Waals surface area (Å²) < 4.78 is 0. The van der Waals surface area contributed by atoms with Crippen molar-refractivity contribution in [2.45, 2.75) is 44.3 Å². The van der Waals surface area contributed by atoms with Gasteiger partial charge in [-0.2, -0.15) is 0 Å². The normalized spacial score (nSPS) is 30.1. The van der Waals surface area contributed by atoms with E-state index in [1.54, 1.807) is 12.1 Å². The van der Waals surface area contributed by atoms with E-state index in [9.17, 15) is 19.2 Å². The predicted octanol–water partition coefficient (Wildman–Crippen LogP) is 0.257. The Labute approximate surface area is 168 Å². The number of nitrogens with zero attached hydrogens (tertiary/aromatic N) is 2. The maximum absolute atomic E-state index is 13.2. The fraction of sp³-hybridized carbons (Fsp3) is 0.524. The molecule has 1 aromatic carbocycles. The van der Waals surface area contributed by atoms with E-state index >= 15 is 0 Å². The number of carbonyl (C=O) groups excluding carboxylic acids is 4. The first-order chi connectivity index (χ1) is 13.9. The lowest BCUT2D eigenvalue weighted by Gasteiger charge is -2.28. The molecule has 8 heteroatoms. The molecule has 4 amide bonds. The summed E-state index contributed by atoms with van der Waals surface area (Å²) in [5.41, 5.74) is 7.83. The van der Waals surface area contributed by atoms with Crippen molar-refractivity contribution < 1.29 is 19.2 Å². The molecule has 3 heterocycles. The number of rotatable bonds is 4. The molecule has 8 nitrogen and oxygen atoms in total. The van der Waals surface area contributed by atoms with E-state index in [1.807, 2.05) is 6.07 Å². The number of hydrogen-bond donors (Lipinski definition) is 2. The lowest BCUT2D eigenvalue weighted by atomic mass is 9.99. The number of imide groups is 2. The second-order valence-electron chi connectivity index (χ2n) is 8.65. The molecule has 29 heavy (non-hydrogen) atoms. The zero-order valence-electron chi connectivity index (χ0n) is 16.1. The largest absolute Gasteiger partial charge is 0.326 e. The van der Waals surface area contributed by atoms with E-state index in [-0.39, 0.29) is 24.8 Å². The smallest absolute Gasteiger partial charge is 0.262 e. The van der Waals surface area contributed by atoms with Crippen LogP contribution in [0.15, 0.2) is 18.2 Å². The van der Waals surface area contributed by atoms with E-state index in [4.69, 9.17) is 5.73 Å². The summed E-state index contributed by atoms with van der Waals surface area (Å²) in [6.45, 7) is 2.25. The Balaban J connectivity index is 1.39. The average Bonchev–Trinajstić information content (AvgIpc) is 3.41. The van der Waals surface area contributed by atoms with Crippen LogP contribution in [0.3, 0.4) is 0 Å². The van der Waals surface area contributed by atoms with Crippen LogP contribution >= 0.6 is 0 Å². The number of fused-ring (bicyclic) bond motifs is 1. The van der Waals surface area contributed by atoms with Gasteiger partial charge in [-0.1, -0.05) is 12.1 Å². The molecule has 1 unspecified atom stereocenters. The third kappa shape index (κ3) is 3.07. The van der Waals surface area contributed by atoms with Crippen molar-refractivity contribution in [2.24, 2.45) is 17.6 Å². The second-order valence-corrected chi connectivity index (χ2v) is 8.65. The highest BCUT2D eigenvalue weighted by atomic mass is 16.2. The maximum Gasteiger partial charge on any atom is 0.262 e. The molecule has 3 N–H and O–H groups in total. The second kappa shape index (κ2) is 6.74. The molecule has 0 aromatic heterocycles. The standard InChI is InChI=1S/C21H24N4O4/c22-15-10-24(9-14(15)11-4-5-11)8-12-2-1-3-13-18(12)21(29)25(20(13)28)16-6-7-17(26)23-19(16)27/h1-3,11,14-16H,4-10,22H2,(H,23,26,27)/t14-,15+,16?/m0/s1. The molecule has 2 saturated heterocycles. The number of piperidine rings is 1. The molecular weight excluding hydrogens is 372 g/mol. The zero-order valence-corrected chi connectivity index (χ0v) is 16.1. The molecule has 1 saturated carbocycles. The Kier molecular flexibility index (Phi) is 4.29. The summed E-state index contributed by atoms with van der Waals surface area (Å²) >= 11 is 0. The predicted molar refractivity (Wildman–Crippen MR) is 103 cm³/mol. The number of benzene rings is 1. The minimum absolute atomic E-state index is 0.116. The van der Waals surface area contributed by atoms with Gasteiger partial charge in [0, 0.05) is 32.1 Å². The van der Waals surface area contributed by atoms with Gasteiger partial charge < -0.3 is 5.73 Å². The Bertz CT molecular complexity index is 925. The number of nitrogens with two attached hydrogens (primary N) is 1. The van der Waals surface area contributed by atoms with Gasteiger partial charge in [-0.25, -0.2) is 0 Å². The molecule has 1 aliphatic carbocycles. The van der Waals surface area contributed by atoms with Crippen molar-refractivity contribution >= 4 is 23.6 Å². The fourth-order valence-corrected chi connectivity index (χ4v) is 5.05. The van der Waals surface area contributed by atoms with Crippen molar-refractivity contribution in [3.63, 3.8) is 0 Å². The number of likely N-dealkylation sites (tertiary alicyclic amines) is 1. The molecule has 3 aliphatic heterocycles. The van der Waals surface area contributed by atoms with Gasteiger partial charge in [0.1, 0.15) is 6.04 Å². The van der Waals surface area contributed by atoms with Crippen molar-refractivity contribution in [3.8, 4) is 0 Å². The molecule has 0 radical (unpaired) electrons. The summed E-state index contributed by atoms with van der Waals surface area (Å²) in [5.74, 6) is -0.645. The molecule has 0 bridgehead atoms. The quantitative estimate of drug-likeness (QED) is 0.706. The highest BCUT2D eigenvalue weighted by molar-refractivity contribution is 6.24. The van der Waals surface area contributed by atoms with Gasteiger partial charge in [-0.15, -0.1) is 0 Å². The van der Waals surface area contributed by atoms with Crippen LogP contribution in [-0.2, 0) is 16.1 Å². The molecule has 3 atom stereocenters. The van der Waals surface area contributed by atoms with Crippen molar-refractivity contribution in [1.29, 1.82) is 0 Å². The van der Waals surface area contributed by atoms with Gasteiger partial charge in [0.15, 0.2) is 0 Å². The van der Waals surface area contributed by atoms with Gasteiger partial charge in [0.05, 0.1) is 11.1 Å².